The summed E-state index contributed by atoms with van der Waals surface area (Å²) >= 11 is 8.05. The molecule has 2 aromatic carbocycles. The molecule has 2 aromatic heterocycles. The van der Waals surface area contributed by atoms with Gasteiger partial charge in [-0.2, -0.15) is 0 Å². The highest BCUT2D eigenvalue weighted by atomic mass is 35.5. The maximum absolute atomic E-state index is 6.28. The summed E-state index contributed by atoms with van der Waals surface area (Å²) in [7, 11) is 0. The normalized spacial score (nSPS) is 15.6. The Kier molecular flexibility index (Phi) is 6.71. The second kappa shape index (κ2) is 10.0. The smallest absolute Gasteiger partial charge is 0.173 e. The molecule has 1 saturated heterocycles. The maximum atomic E-state index is 6.28. The largest absolute Gasteiger partial charge is 0.369 e. The highest BCUT2D eigenvalue weighted by molar-refractivity contribution is 7.10. The summed E-state index contributed by atoms with van der Waals surface area (Å²) in [6, 6.07) is 21.0. The number of nitrogens with zero attached hydrogens (tertiary/aromatic N) is 6. The van der Waals surface area contributed by atoms with Crippen LogP contribution in [0.1, 0.15) is 27.9 Å². The molecule has 0 spiro atoms. The lowest BCUT2D eigenvalue weighted by Gasteiger charge is -2.40. The molecular formula is C25H27ClN6S. The van der Waals surface area contributed by atoms with E-state index < -0.39 is 0 Å². The Labute approximate surface area is 203 Å². The molecule has 33 heavy (non-hydrogen) atoms. The second-order valence-corrected chi connectivity index (χ2v) is 9.78. The van der Waals surface area contributed by atoms with E-state index in [-0.39, 0.29) is 6.04 Å². The van der Waals surface area contributed by atoms with Crippen LogP contribution in [-0.4, -0.2) is 51.3 Å². The third-order valence-corrected chi connectivity index (χ3v) is 7.42. The van der Waals surface area contributed by atoms with Crippen LogP contribution in [0.4, 0.5) is 5.69 Å². The third-order valence-electron chi connectivity index (χ3n) is 6.26. The predicted octanol–water partition coefficient (Wildman–Crippen LogP) is 4.85. The van der Waals surface area contributed by atoms with Crippen LogP contribution in [0, 0.1) is 6.92 Å². The summed E-state index contributed by atoms with van der Waals surface area (Å²) in [5, 5.41) is 15.8. The quantitative estimate of drug-likeness (QED) is 0.380. The Balaban J connectivity index is 1.35. The van der Waals surface area contributed by atoms with Crippen LogP contribution >= 0.6 is 22.9 Å². The Morgan fingerprint density at radius 3 is 2.58 bits per heavy atom. The molecule has 170 valence electrons. The SMILES string of the molecule is Cc1ccc(Cl)cc1N1CCN([C@H](c2cccs2)c2nnnn2CCc2ccccc2)CC1. The topological polar surface area (TPSA) is 50.1 Å². The number of anilines is 1. The highest BCUT2D eigenvalue weighted by Gasteiger charge is 2.31. The number of rotatable bonds is 7. The molecule has 8 heteroatoms. The van der Waals surface area contributed by atoms with Crippen LogP contribution < -0.4 is 4.90 Å². The van der Waals surface area contributed by atoms with Crippen LogP contribution in [0.25, 0.3) is 0 Å². The Bertz CT molecular complexity index is 1170. The molecule has 0 saturated carbocycles. The third kappa shape index (κ3) is 4.95. The van der Waals surface area contributed by atoms with Crippen molar-refractivity contribution in [2.24, 2.45) is 0 Å². The summed E-state index contributed by atoms with van der Waals surface area (Å²) < 4.78 is 1.98. The monoisotopic (exact) mass is 478 g/mol. The van der Waals surface area contributed by atoms with Crippen molar-refractivity contribution in [3.8, 4) is 0 Å². The standard InChI is InChI=1S/C25H27ClN6S/c1-19-9-10-21(26)18-22(19)30-13-15-31(16-14-30)24(23-8-5-17-33-23)25-27-28-29-32(25)12-11-20-6-3-2-4-7-20/h2-10,17-18,24H,11-16H2,1H3/t24-/m1/s1. The van der Waals surface area contributed by atoms with E-state index in [4.69, 9.17) is 11.6 Å². The van der Waals surface area contributed by atoms with Crippen molar-refractivity contribution in [3.63, 3.8) is 0 Å². The molecule has 1 aliphatic heterocycles. The van der Waals surface area contributed by atoms with Gasteiger partial charge >= 0.3 is 0 Å². The van der Waals surface area contributed by atoms with Gasteiger partial charge in [0.05, 0.1) is 0 Å². The van der Waals surface area contributed by atoms with Gasteiger partial charge in [0.15, 0.2) is 5.82 Å². The van der Waals surface area contributed by atoms with E-state index in [0.717, 1.165) is 50.0 Å². The number of aryl methyl sites for hydroxylation is 3. The molecule has 0 N–H and O–H groups in total. The lowest BCUT2D eigenvalue weighted by atomic mass is 10.1. The van der Waals surface area contributed by atoms with Gasteiger partial charge in [-0.1, -0.05) is 54.1 Å². The number of piperazine rings is 1. The van der Waals surface area contributed by atoms with Crippen molar-refractivity contribution in [2.45, 2.75) is 25.9 Å². The summed E-state index contributed by atoms with van der Waals surface area (Å²) in [4.78, 5) is 6.22. The number of hydrogen-bond acceptors (Lipinski definition) is 6. The van der Waals surface area contributed by atoms with E-state index in [1.54, 1.807) is 11.3 Å². The van der Waals surface area contributed by atoms with E-state index >= 15 is 0 Å². The highest BCUT2D eigenvalue weighted by Crippen LogP contribution is 2.33. The van der Waals surface area contributed by atoms with Crippen LogP contribution in [0.2, 0.25) is 5.02 Å². The fourth-order valence-corrected chi connectivity index (χ4v) is 5.53. The number of thiophene rings is 1. The molecule has 5 rings (SSSR count). The first-order valence-electron chi connectivity index (χ1n) is 11.3. The molecule has 0 aliphatic carbocycles. The molecule has 1 atom stereocenters. The Hall–Kier alpha value is -2.74. The Morgan fingerprint density at radius 2 is 1.82 bits per heavy atom. The summed E-state index contributed by atoms with van der Waals surface area (Å²) in [6.45, 7) is 6.65. The summed E-state index contributed by atoms with van der Waals surface area (Å²) in [5.74, 6) is 0.917. The summed E-state index contributed by atoms with van der Waals surface area (Å²) in [5.41, 5.74) is 3.77. The minimum atomic E-state index is 0.0541. The van der Waals surface area contributed by atoms with Crippen molar-refractivity contribution in [3.05, 3.63) is 92.9 Å². The molecule has 0 unspecified atom stereocenters. The van der Waals surface area contributed by atoms with E-state index in [1.807, 2.05) is 16.8 Å². The van der Waals surface area contributed by atoms with Gasteiger partial charge < -0.3 is 4.90 Å². The average molecular weight is 479 g/mol. The van der Waals surface area contributed by atoms with Crippen molar-refractivity contribution in [1.82, 2.24) is 25.1 Å². The van der Waals surface area contributed by atoms with Crippen LogP contribution in [0.15, 0.2) is 66.0 Å². The number of aromatic nitrogens is 4. The molecule has 6 nitrogen and oxygen atoms in total. The number of benzene rings is 2. The zero-order valence-corrected chi connectivity index (χ0v) is 20.2. The molecule has 1 fully saturated rings. The number of tetrazole rings is 1. The van der Waals surface area contributed by atoms with Crippen LogP contribution in [0.5, 0.6) is 0 Å². The fourth-order valence-electron chi connectivity index (χ4n) is 4.51. The van der Waals surface area contributed by atoms with Gasteiger partial charge in [-0.05, 0) is 58.5 Å². The van der Waals surface area contributed by atoms with E-state index in [1.165, 1.54) is 21.7 Å². The molecule has 0 bridgehead atoms. The van der Waals surface area contributed by atoms with Gasteiger partial charge in [-0.25, -0.2) is 4.68 Å². The van der Waals surface area contributed by atoms with E-state index in [2.05, 4.69) is 86.2 Å². The average Bonchev–Trinajstić information content (AvgIpc) is 3.54. The van der Waals surface area contributed by atoms with Crippen molar-refractivity contribution in [2.75, 3.05) is 31.1 Å². The fraction of sp³-hybridized carbons (Fsp3) is 0.320. The van der Waals surface area contributed by atoms with Gasteiger partial charge in [0.25, 0.3) is 0 Å². The van der Waals surface area contributed by atoms with Crippen molar-refractivity contribution < 1.29 is 0 Å². The van der Waals surface area contributed by atoms with E-state index in [0.29, 0.717) is 0 Å². The van der Waals surface area contributed by atoms with Gasteiger partial charge in [0.1, 0.15) is 6.04 Å². The minimum absolute atomic E-state index is 0.0541. The molecule has 0 radical (unpaired) electrons. The first-order valence-corrected chi connectivity index (χ1v) is 12.5. The molecule has 4 aromatic rings. The first kappa shape index (κ1) is 22.1. The molecule has 3 heterocycles. The predicted molar refractivity (Wildman–Crippen MR) is 134 cm³/mol. The second-order valence-electron chi connectivity index (χ2n) is 8.37. The molecule has 0 amide bonds. The van der Waals surface area contributed by atoms with Crippen LogP contribution in [-0.2, 0) is 13.0 Å². The van der Waals surface area contributed by atoms with Gasteiger partial charge in [-0.3, -0.25) is 4.90 Å². The van der Waals surface area contributed by atoms with E-state index in [9.17, 15) is 0 Å². The maximum Gasteiger partial charge on any atom is 0.173 e. The summed E-state index contributed by atoms with van der Waals surface area (Å²) in [6.07, 6.45) is 0.901. The van der Waals surface area contributed by atoms with Gasteiger partial charge in [0, 0.05) is 48.3 Å². The lowest BCUT2D eigenvalue weighted by Crippen LogP contribution is -2.48. The first-order chi connectivity index (χ1) is 16.2. The zero-order chi connectivity index (χ0) is 22.6. The number of halogens is 1. The minimum Gasteiger partial charge on any atom is -0.369 e. The zero-order valence-electron chi connectivity index (χ0n) is 18.6. The van der Waals surface area contributed by atoms with Crippen molar-refractivity contribution >= 4 is 28.6 Å². The van der Waals surface area contributed by atoms with Crippen molar-refractivity contribution in [1.29, 1.82) is 0 Å². The van der Waals surface area contributed by atoms with Crippen LogP contribution in [0.3, 0.4) is 0 Å². The van der Waals surface area contributed by atoms with Gasteiger partial charge in [-0.15, -0.1) is 16.4 Å². The molecular weight excluding hydrogens is 452 g/mol. The molecule has 1 aliphatic rings. The Morgan fingerprint density at radius 1 is 1.00 bits per heavy atom. The lowest BCUT2D eigenvalue weighted by molar-refractivity contribution is 0.203. The van der Waals surface area contributed by atoms with Gasteiger partial charge in [0.2, 0.25) is 0 Å². The number of hydrogen-bond donors (Lipinski definition) is 0.